The fraction of sp³-hybridized carbons (Fsp3) is 0.316. The summed E-state index contributed by atoms with van der Waals surface area (Å²) in [5, 5.41) is 8.24. The first-order valence-corrected chi connectivity index (χ1v) is 9.10. The topological polar surface area (TPSA) is 67.1 Å². The zero-order valence-corrected chi connectivity index (χ0v) is 15.1. The van der Waals surface area contributed by atoms with Crippen LogP contribution in [0.5, 0.6) is 0 Å². The monoisotopic (exact) mass is 369 g/mol. The summed E-state index contributed by atoms with van der Waals surface area (Å²) in [7, 11) is 0. The van der Waals surface area contributed by atoms with E-state index >= 15 is 0 Å². The molecule has 1 aromatic carbocycles. The molecule has 7 heteroatoms. The fourth-order valence-corrected chi connectivity index (χ4v) is 3.35. The maximum absolute atomic E-state index is 5.92. The van der Waals surface area contributed by atoms with Gasteiger partial charge in [-0.3, -0.25) is 9.88 Å². The molecule has 1 aliphatic heterocycles. The maximum Gasteiger partial charge on any atom is 0.228 e. The van der Waals surface area contributed by atoms with Crippen LogP contribution in [0.25, 0.3) is 11.4 Å². The molecule has 0 amide bonds. The van der Waals surface area contributed by atoms with Gasteiger partial charge in [-0.2, -0.15) is 4.98 Å². The SMILES string of the molecule is Clc1ccc(-c2noc(CCN3CCNCC3c3cccnc3)n2)cc1. The summed E-state index contributed by atoms with van der Waals surface area (Å²) in [6, 6.07) is 11.9. The van der Waals surface area contributed by atoms with Crippen LogP contribution < -0.4 is 5.32 Å². The number of nitrogens with one attached hydrogen (secondary N) is 1. The van der Waals surface area contributed by atoms with Gasteiger partial charge < -0.3 is 9.84 Å². The van der Waals surface area contributed by atoms with Gasteiger partial charge in [-0.25, -0.2) is 0 Å². The highest BCUT2D eigenvalue weighted by Crippen LogP contribution is 2.22. The van der Waals surface area contributed by atoms with E-state index < -0.39 is 0 Å². The van der Waals surface area contributed by atoms with Gasteiger partial charge in [0.25, 0.3) is 0 Å². The van der Waals surface area contributed by atoms with Crippen LogP contribution in [0.4, 0.5) is 0 Å². The molecule has 26 heavy (non-hydrogen) atoms. The van der Waals surface area contributed by atoms with Crippen LogP contribution in [0.15, 0.2) is 53.3 Å². The number of piperazine rings is 1. The van der Waals surface area contributed by atoms with Crippen LogP contribution in [0.1, 0.15) is 17.5 Å². The van der Waals surface area contributed by atoms with Crippen LogP contribution in [0.2, 0.25) is 5.02 Å². The zero-order valence-electron chi connectivity index (χ0n) is 14.3. The van der Waals surface area contributed by atoms with Gasteiger partial charge in [-0.1, -0.05) is 22.8 Å². The minimum atomic E-state index is 0.316. The molecule has 134 valence electrons. The van der Waals surface area contributed by atoms with Crippen LogP contribution in [0.3, 0.4) is 0 Å². The first-order valence-electron chi connectivity index (χ1n) is 8.73. The van der Waals surface area contributed by atoms with Crippen molar-refractivity contribution in [3.63, 3.8) is 0 Å². The minimum Gasteiger partial charge on any atom is -0.339 e. The van der Waals surface area contributed by atoms with Crippen molar-refractivity contribution in [3.8, 4) is 11.4 Å². The Labute approximate surface area is 157 Å². The number of rotatable bonds is 5. The highest BCUT2D eigenvalue weighted by atomic mass is 35.5. The summed E-state index contributed by atoms with van der Waals surface area (Å²) in [6.07, 6.45) is 4.47. The molecular weight excluding hydrogens is 350 g/mol. The first kappa shape index (κ1) is 17.1. The molecule has 3 aromatic rings. The fourth-order valence-electron chi connectivity index (χ4n) is 3.23. The molecule has 1 saturated heterocycles. The van der Waals surface area contributed by atoms with E-state index in [1.54, 1.807) is 6.20 Å². The van der Waals surface area contributed by atoms with Gasteiger partial charge in [0, 0.05) is 61.6 Å². The van der Waals surface area contributed by atoms with Gasteiger partial charge in [0.1, 0.15) is 0 Å². The average molecular weight is 370 g/mol. The van der Waals surface area contributed by atoms with Gasteiger partial charge in [0.2, 0.25) is 11.7 Å². The van der Waals surface area contributed by atoms with E-state index in [2.05, 4.69) is 31.4 Å². The Hall–Kier alpha value is -2.28. The van der Waals surface area contributed by atoms with Crippen molar-refractivity contribution in [1.29, 1.82) is 0 Å². The first-order chi connectivity index (χ1) is 12.8. The summed E-state index contributed by atoms with van der Waals surface area (Å²) >= 11 is 5.92. The van der Waals surface area contributed by atoms with Crippen LogP contribution in [-0.2, 0) is 6.42 Å². The third-order valence-corrected chi connectivity index (χ3v) is 4.86. The molecule has 6 nitrogen and oxygen atoms in total. The quantitative estimate of drug-likeness (QED) is 0.745. The van der Waals surface area contributed by atoms with E-state index in [0.717, 1.165) is 38.2 Å². The average Bonchev–Trinajstić information content (AvgIpc) is 3.17. The lowest BCUT2D eigenvalue weighted by Crippen LogP contribution is -2.46. The Kier molecular flexibility index (Phi) is 5.24. The van der Waals surface area contributed by atoms with E-state index in [4.69, 9.17) is 16.1 Å². The number of pyridine rings is 1. The smallest absolute Gasteiger partial charge is 0.228 e. The number of halogens is 1. The Morgan fingerprint density at radius 1 is 1.23 bits per heavy atom. The molecule has 2 aromatic heterocycles. The molecule has 1 unspecified atom stereocenters. The van der Waals surface area contributed by atoms with E-state index in [-0.39, 0.29) is 0 Å². The Bertz CT molecular complexity index is 837. The van der Waals surface area contributed by atoms with Gasteiger partial charge in [0.15, 0.2) is 0 Å². The molecule has 4 rings (SSSR count). The van der Waals surface area contributed by atoms with Crippen molar-refractivity contribution < 1.29 is 4.52 Å². The van der Waals surface area contributed by atoms with E-state index in [1.165, 1.54) is 5.56 Å². The van der Waals surface area contributed by atoms with Crippen molar-refractivity contribution >= 4 is 11.6 Å². The number of nitrogens with zero attached hydrogens (tertiary/aromatic N) is 4. The molecule has 0 radical (unpaired) electrons. The van der Waals surface area contributed by atoms with Crippen LogP contribution in [-0.4, -0.2) is 46.2 Å². The number of benzene rings is 1. The second-order valence-electron chi connectivity index (χ2n) is 6.31. The van der Waals surface area contributed by atoms with Gasteiger partial charge >= 0.3 is 0 Å². The second kappa shape index (κ2) is 7.95. The standard InChI is InChI=1S/C19H20ClN5O/c20-16-5-3-14(4-6-16)19-23-18(26-24-19)7-10-25-11-9-22-13-17(25)15-2-1-8-21-12-15/h1-6,8,12,17,22H,7,9-11,13H2. The van der Waals surface area contributed by atoms with Gasteiger partial charge in [-0.05, 0) is 35.9 Å². The molecule has 0 bridgehead atoms. The van der Waals surface area contributed by atoms with Gasteiger partial charge in [0.05, 0.1) is 0 Å². The lowest BCUT2D eigenvalue weighted by Gasteiger charge is -2.36. The second-order valence-corrected chi connectivity index (χ2v) is 6.75. The Morgan fingerprint density at radius 3 is 2.92 bits per heavy atom. The largest absolute Gasteiger partial charge is 0.339 e. The van der Waals surface area contributed by atoms with Crippen molar-refractivity contribution in [3.05, 3.63) is 65.3 Å². The summed E-state index contributed by atoms with van der Waals surface area (Å²) in [6.45, 7) is 3.75. The summed E-state index contributed by atoms with van der Waals surface area (Å²) in [5.74, 6) is 1.25. The predicted octanol–water partition coefficient (Wildman–Crippen LogP) is 2.97. The van der Waals surface area contributed by atoms with E-state index in [1.807, 2.05) is 36.5 Å². The molecule has 0 spiro atoms. The molecule has 0 saturated carbocycles. The lowest BCUT2D eigenvalue weighted by atomic mass is 10.1. The molecule has 1 aliphatic rings. The molecule has 1 fully saturated rings. The van der Waals surface area contributed by atoms with Crippen LogP contribution >= 0.6 is 11.6 Å². The number of hydrogen-bond acceptors (Lipinski definition) is 6. The third kappa shape index (κ3) is 3.93. The zero-order chi connectivity index (χ0) is 17.8. The molecule has 3 heterocycles. The van der Waals surface area contributed by atoms with Crippen molar-refractivity contribution in [2.45, 2.75) is 12.5 Å². The summed E-state index contributed by atoms with van der Waals surface area (Å²) in [5.41, 5.74) is 2.13. The minimum absolute atomic E-state index is 0.316. The maximum atomic E-state index is 5.92. The predicted molar refractivity (Wildman–Crippen MR) is 99.9 cm³/mol. The summed E-state index contributed by atoms with van der Waals surface area (Å²) in [4.78, 5) is 11.2. The Balaban J connectivity index is 1.42. The molecule has 0 aliphatic carbocycles. The molecule has 1 atom stereocenters. The normalized spacial score (nSPS) is 18.1. The van der Waals surface area contributed by atoms with Gasteiger partial charge in [-0.15, -0.1) is 0 Å². The van der Waals surface area contributed by atoms with E-state index in [0.29, 0.717) is 22.8 Å². The van der Waals surface area contributed by atoms with Crippen LogP contribution in [0, 0.1) is 0 Å². The summed E-state index contributed by atoms with van der Waals surface area (Å²) < 4.78 is 5.43. The van der Waals surface area contributed by atoms with Crippen molar-refractivity contribution in [1.82, 2.24) is 25.3 Å². The lowest BCUT2D eigenvalue weighted by molar-refractivity contribution is 0.159. The van der Waals surface area contributed by atoms with Crippen molar-refractivity contribution in [2.75, 3.05) is 26.2 Å². The highest BCUT2D eigenvalue weighted by molar-refractivity contribution is 6.30. The molecular formula is C19H20ClN5O. The highest BCUT2D eigenvalue weighted by Gasteiger charge is 2.24. The number of hydrogen-bond donors (Lipinski definition) is 1. The van der Waals surface area contributed by atoms with E-state index in [9.17, 15) is 0 Å². The third-order valence-electron chi connectivity index (χ3n) is 4.61. The van der Waals surface area contributed by atoms with Crippen molar-refractivity contribution in [2.24, 2.45) is 0 Å². The number of aromatic nitrogens is 3. The Morgan fingerprint density at radius 2 is 2.12 bits per heavy atom. The molecule has 1 N–H and O–H groups in total.